The van der Waals surface area contributed by atoms with Gasteiger partial charge in [0.05, 0.1) is 6.20 Å². The summed E-state index contributed by atoms with van der Waals surface area (Å²) in [5.74, 6) is 0. The molecule has 4 nitrogen and oxygen atoms in total. The van der Waals surface area contributed by atoms with Crippen molar-refractivity contribution in [1.82, 2.24) is 15.1 Å². The minimum absolute atomic E-state index is 0.374. The van der Waals surface area contributed by atoms with E-state index >= 15 is 0 Å². The summed E-state index contributed by atoms with van der Waals surface area (Å²) in [5.41, 5.74) is 0.941. The van der Waals surface area contributed by atoms with Crippen LogP contribution < -0.4 is 5.32 Å². The van der Waals surface area contributed by atoms with Gasteiger partial charge in [0.1, 0.15) is 0 Å². The fourth-order valence-corrected chi connectivity index (χ4v) is 1.19. The Morgan fingerprint density at radius 2 is 2.25 bits per heavy atom. The Labute approximate surface area is 91.1 Å². The minimum Gasteiger partial charge on any atom is -0.382 e. The van der Waals surface area contributed by atoms with E-state index in [0.717, 1.165) is 5.56 Å². The molecule has 1 unspecified atom stereocenters. The van der Waals surface area contributed by atoms with Crippen molar-refractivity contribution >= 4 is 0 Å². The zero-order valence-corrected chi connectivity index (χ0v) is 8.83. The number of hydrogen-bond acceptors (Lipinski definition) is 3. The fourth-order valence-electron chi connectivity index (χ4n) is 1.19. The van der Waals surface area contributed by atoms with Crippen LogP contribution in [0.4, 0.5) is 13.2 Å². The highest BCUT2D eigenvalue weighted by Crippen LogP contribution is 2.19. The van der Waals surface area contributed by atoms with Crippen molar-refractivity contribution in [2.24, 2.45) is 7.05 Å². The van der Waals surface area contributed by atoms with Crippen molar-refractivity contribution in [3.63, 3.8) is 0 Å². The normalized spacial score (nSPS) is 14.1. The summed E-state index contributed by atoms with van der Waals surface area (Å²) in [6.45, 7) is -0.109. The zero-order valence-electron chi connectivity index (χ0n) is 8.83. The lowest BCUT2D eigenvalue weighted by Gasteiger charge is -2.14. The number of hydrogen-bond donors (Lipinski definition) is 2. The van der Waals surface area contributed by atoms with Crippen LogP contribution in [0.5, 0.6) is 0 Å². The number of nitrogens with zero attached hydrogens (tertiary/aromatic N) is 2. The summed E-state index contributed by atoms with van der Waals surface area (Å²) in [4.78, 5) is 0. The molecule has 0 aliphatic heterocycles. The molecule has 0 bridgehead atoms. The van der Waals surface area contributed by atoms with Crippen molar-refractivity contribution < 1.29 is 18.3 Å². The van der Waals surface area contributed by atoms with Gasteiger partial charge in [-0.25, -0.2) is 0 Å². The van der Waals surface area contributed by atoms with Crippen LogP contribution in [-0.4, -0.2) is 40.3 Å². The molecule has 0 saturated heterocycles. The van der Waals surface area contributed by atoms with E-state index in [0.29, 0.717) is 13.0 Å². The van der Waals surface area contributed by atoms with E-state index in [9.17, 15) is 13.2 Å². The summed E-state index contributed by atoms with van der Waals surface area (Å²) in [6.07, 6.45) is -2.83. The van der Waals surface area contributed by atoms with E-state index in [1.165, 1.54) is 0 Å². The van der Waals surface area contributed by atoms with Crippen LogP contribution in [0.15, 0.2) is 12.4 Å². The first-order valence-electron chi connectivity index (χ1n) is 4.82. The van der Waals surface area contributed by atoms with Gasteiger partial charge in [0.25, 0.3) is 0 Å². The second kappa shape index (κ2) is 5.31. The Bertz CT molecular complexity index is 324. The third-order valence-electron chi connectivity index (χ3n) is 2.06. The van der Waals surface area contributed by atoms with Crippen LogP contribution in [0.2, 0.25) is 0 Å². The van der Waals surface area contributed by atoms with Gasteiger partial charge in [-0.3, -0.25) is 4.68 Å². The molecule has 0 spiro atoms. The van der Waals surface area contributed by atoms with Gasteiger partial charge in [-0.1, -0.05) is 0 Å². The largest absolute Gasteiger partial charge is 0.415 e. The molecule has 1 heterocycles. The number of aromatic nitrogens is 2. The Hall–Kier alpha value is -1.08. The molecule has 1 aromatic rings. The van der Waals surface area contributed by atoms with Crippen molar-refractivity contribution in [3.8, 4) is 0 Å². The van der Waals surface area contributed by atoms with Crippen LogP contribution in [0.3, 0.4) is 0 Å². The van der Waals surface area contributed by atoms with E-state index in [1.54, 1.807) is 24.1 Å². The summed E-state index contributed by atoms with van der Waals surface area (Å²) >= 11 is 0. The molecule has 16 heavy (non-hydrogen) atoms. The maximum Gasteiger partial charge on any atom is 0.415 e. The number of alkyl halides is 3. The standard InChI is InChI=1S/C9H14F3N3O/c1-15-6-7(4-14-15)2-3-13-5-8(16)9(10,11)12/h4,6,8,13,16H,2-3,5H2,1H3. The third-order valence-corrected chi connectivity index (χ3v) is 2.06. The van der Waals surface area contributed by atoms with Gasteiger partial charge in [0.15, 0.2) is 6.10 Å². The molecule has 1 aromatic heterocycles. The van der Waals surface area contributed by atoms with Crippen LogP contribution in [0, 0.1) is 0 Å². The first kappa shape index (κ1) is 13.0. The summed E-state index contributed by atoms with van der Waals surface area (Å²) < 4.78 is 37.3. The van der Waals surface area contributed by atoms with Gasteiger partial charge in [-0.05, 0) is 18.5 Å². The number of aliphatic hydroxyl groups excluding tert-OH is 1. The average Bonchev–Trinajstić information content (AvgIpc) is 2.57. The Kier molecular flexibility index (Phi) is 4.31. The van der Waals surface area contributed by atoms with Crippen molar-refractivity contribution in [2.75, 3.05) is 13.1 Å². The van der Waals surface area contributed by atoms with E-state index in [1.807, 2.05) is 0 Å². The lowest BCUT2D eigenvalue weighted by molar-refractivity contribution is -0.201. The Morgan fingerprint density at radius 1 is 1.56 bits per heavy atom. The summed E-state index contributed by atoms with van der Waals surface area (Å²) in [6, 6.07) is 0. The Balaban J connectivity index is 2.17. The predicted octanol–water partition coefficient (Wildman–Crippen LogP) is 0.475. The van der Waals surface area contributed by atoms with E-state index in [-0.39, 0.29) is 0 Å². The molecule has 1 rings (SSSR count). The van der Waals surface area contributed by atoms with Gasteiger partial charge in [-0.15, -0.1) is 0 Å². The topological polar surface area (TPSA) is 50.1 Å². The highest BCUT2D eigenvalue weighted by molar-refractivity contribution is 5.03. The molecule has 0 radical (unpaired) electrons. The molecule has 2 N–H and O–H groups in total. The SMILES string of the molecule is Cn1cc(CCNCC(O)C(F)(F)F)cn1. The molecule has 0 aliphatic carbocycles. The smallest absolute Gasteiger partial charge is 0.382 e. The Morgan fingerprint density at radius 3 is 2.75 bits per heavy atom. The van der Waals surface area contributed by atoms with E-state index in [4.69, 9.17) is 5.11 Å². The molecule has 0 fully saturated rings. The molecule has 0 saturated carbocycles. The maximum absolute atomic E-state index is 11.9. The molecular weight excluding hydrogens is 223 g/mol. The molecule has 0 aromatic carbocycles. The molecule has 92 valence electrons. The highest BCUT2D eigenvalue weighted by atomic mass is 19.4. The van der Waals surface area contributed by atoms with Crippen LogP contribution >= 0.6 is 0 Å². The minimum atomic E-state index is -4.55. The lowest BCUT2D eigenvalue weighted by Crippen LogP contribution is -2.38. The van der Waals surface area contributed by atoms with Gasteiger partial charge in [0.2, 0.25) is 0 Å². The first-order valence-corrected chi connectivity index (χ1v) is 4.82. The van der Waals surface area contributed by atoms with Crippen molar-refractivity contribution in [2.45, 2.75) is 18.7 Å². The number of aryl methyl sites for hydroxylation is 1. The highest BCUT2D eigenvalue weighted by Gasteiger charge is 2.37. The number of nitrogens with one attached hydrogen (secondary N) is 1. The van der Waals surface area contributed by atoms with Gasteiger partial charge < -0.3 is 10.4 Å². The zero-order chi connectivity index (χ0) is 12.2. The third kappa shape index (κ3) is 4.19. The predicted molar refractivity (Wildman–Crippen MR) is 51.8 cm³/mol. The summed E-state index contributed by atoms with van der Waals surface area (Å²) in [5, 5.41) is 15.2. The van der Waals surface area contributed by atoms with Gasteiger partial charge in [-0.2, -0.15) is 18.3 Å². The number of halogens is 3. The molecule has 0 amide bonds. The van der Waals surface area contributed by atoms with Crippen molar-refractivity contribution in [1.29, 1.82) is 0 Å². The average molecular weight is 237 g/mol. The quantitative estimate of drug-likeness (QED) is 0.732. The number of rotatable bonds is 5. The molecule has 1 atom stereocenters. The molecule has 7 heteroatoms. The van der Waals surface area contributed by atoms with Crippen LogP contribution in [-0.2, 0) is 13.5 Å². The molecular formula is C9H14F3N3O. The second-order valence-electron chi connectivity index (χ2n) is 3.53. The summed E-state index contributed by atoms with van der Waals surface area (Å²) in [7, 11) is 1.77. The van der Waals surface area contributed by atoms with Crippen LogP contribution in [0.1, 0.15) is 5.56 Å². The maximum atomic E-state index is 11.9. The fraction of sp³-hybridized carbons (Fsp3) is 0.667. The molecule has 0 aliphatic rings. The van der Waals surface area contributed by atoms with E-state index < -0.39 is 18.8 Å². The second-order valence-corrected chi connectivity index (χ2v) is 3.53. The monoisotopic (exact) mass is 237 g/mol. The lowest BCUT2D eigenvalue weighted by atomic mass is 10.2. The van der Waals surface area contributed by atoms with Crippen LogP contribution in [0.25, 0.3) is 0 Å². The van der Waals surface area contributed by atoms with Gasteiger partial charge in [0, 0.05) is 19.8 Å². The van der Waals surface area contributed by atoms with Crippen molar-refractivity contribution in [3.05, 3.63) is 18.0 Å². The number of aliphatic hydroxyl groups is 1. The first-order chi connectivity index (χ1) is 7.39. The van der Waals surface area contributed by atoms with E-state index in [2.05, 4.69) is 10.4 Å². The van der Waals surface area contributed by atoms with Gasteiger partial charge >= 0.3 is 6.18 Å².